The lowest BCUT2D eigenvalue weighted by atomic mass is 9.97. The Balaban J connectivity index is 2.27. The van der Waals surface area contributed by atoms with Gasteiger partial charge in [0.2, 0.25) is 0 Å². The van der Waals surface area contributed by atoms with Crippen LogP contribution in [0.3, 0.4) is 0 Å². The summed E-state index contributed by atoms with van der Waals surface area (Å²) in [5, 5.41) is 0. The maximum absolute atomic E-state index is 11.4. The molecule has 2 unspecified atom stereocenters. The van der Waals surface area contributed by atoms with Gasteiger partial charge in [0.15, 0.2) is 0 Å². The fourth-order valence-corrected chi connectivity index (χ4v) is 2.14. The van der Waals surface area contributed by atoms with Gasteiger partial charge in [-0.15, -0.1) is 0 Å². The molecule has 100 valence electrons. The molecule has 3 nitrogen and oxygen atoms in total. The van der Waals surface area contributed by atoms with Gasteiger partial charge < -0.3 is 9.47 Å². The standard InChI is InChI=1S/C14H26O3/c1-10(2)8-12-6-5-7-13(17-12)9-16-14(15)11(3)4/h10-13H,5-9H2,1-4H3. The fraction of sp³-hybridized carbons (Fsp3) is 0.929. The number of hydrogen-bond donors (Lipinski definition) is 0. The summed E-state index contributed by atoms with van der Waals surface area (Å²) >= 11 is 0. The molecular formula is C14H26O3. The highest BCUT2D eigenvalue weighted by atomic mass is 16.6. The Kier molecular flexibility index (Phi) is 5.96. The first-order valence-electron chi connectivity index (χ1n) is 6.81. The third kappa shape index (κ3) is 5.53. The van der Waals surface area contributed by atoms with Gasteiger partial charge in [-0.25, -0.2) is 0 Å². The van der Waals surface area contributed by atoms with Gasteiger partial charge in [0.25, 0.3) is 0 Å². The Labute approximate surface area is 105 Å². The molecular weight excluding hydrogens is 216 g/mol. The molecule has 1 aliphatic rings. The Hall–Kier alpha value is -0.570. The summed E-state index contributed by atoms with van der Waals surface area (Å²) in [6.45, 7) is 8.56. The van der Waals surface area contributed by atoms with Gasteiger partial charge in [0, 0.05) is 0 Å². The number of ether oxygens (including phenoxy) is 2. The number of carbonyl (C=O) groups excluding carboxylic acids is 1. The van der Waals surface area contributed by atoms with E-state index in [0.29, 0.717) is 18.6 Å². The fourth-order valence-electron chi connectivity index (χ4n) is 2.14. The van der Waals surface area contributed by atoms with Crippen LogP contribution in [0.15, 0.2) is 0 Å². The Bertz CT molecular complexity index is 236. The lowest BCUT2D eigenvalue weighted by Gasteiger charge is -2.30. The molecule has 1 rings (SSSR count). The van der Waals surface area contributed by atoms with Gasteiger partial charge >= 0.3 is 5.97 Å². The predicted molar refractivity (Wildman–Crippen MR) is 67.8 cm³/mol. The minimum absolute atomic E-state index is 0.0509. The second-order valence-electron chi connectivity index (χ2n) is 5.73. The molecule has 0 N–H and O–H groups in total. The maximum Gasteiger partial charge on any atom is 0.308 e. The van der Waals surface area contributed by atoms with Crippen molar-refractivity contribution in [1.82, 2.24) is 0 Å². The van der Waals surface area contributed by atoms with Crippen LogP contribution < -0.4 is 0 Å². The summed E-state index contributed by atoms with van der Waals surface area (Å²) in [6, 6.07) is 0. The Morgan fingerprint density at radius 1 is 1.24 bits per heavy atom. The van der Waals surface area contributed by atoms with E-state index in [9.17, 15) is 4.79 Å². The Morgan fingerprint density at radius 3 is 2.47 bits per heavy atom. The zero-order chi connectivity index (χ0) is 12.8. The highest BCUT2D eigenvalue weighted by Gasteiger charge is 2.24. The van der Waals surface area contributed by atoms with Crippen molar-refractivity contribution >= 4 is 5.97 Å². The zero-order valence-electron chi connectivity index (χ0n) is 11.6. The first-order chi connectivity index (χ1) is 7.99. The third-order valence-electron chi connectivity index (χ3n) is 3.05. The van der Waals surface area contributed by atoms with Crippen LogP contribution in [0.2, 0.25) is 0 Å². The molecule has 0 aromatic heterocycles. The molecule has 0 spiro atoms. The van der Waals surface area contributed by atoms with E-state index in [0.717, 1.165) is 19.3 Å². The van der Waals surface area contributed by atoms with Crippen LogP contribution in [0.4, 0.5) is 0 Å². The van der Waals surface area contributed by atoms with Gasteiger partial charge in [-0.1, -0.05) is 27.7 Å². The lowest BCUT2D eigenvalue weighted by molar-refractivity contribution is -0.156. The van der Waals surface area contributed by atoms with Crippen molar-refractivity contribution in [3.8, 4) is 0 Å². The van der Waals surface area contributed by atoms with Gasteiger partial charge in [-0.05, 0) is 31.6 Å². The number of esters is 1. The summed E-state index contributed by atoms with van der Waals surface area (Å²) in [5.41, 5.74) is 0. The van der Waals surface area contributed by atoms with Crippen LogP contribution in [-0.2, 0) is 14.3 Å². The topological polar surface area (TPSA) is 35.5 Å². The van der Waals surface area contributed by atoms with Gasteiger partial charge in [0.1, 0.15) is 6.61 Å². The summed E-state index contributed by atoms with van der Waals surface area (Å²) in [7, 11) is 0. The molecule has 1 saturated heterocycles. The van der Waals surface area contributed by atoms with Crippen LogP contribution in [0.5, 0.6) is 0 Å². The molecule has 0 amide bonds. The molecule has 2 atom stereocenters. The van der Waals surface area contributed by atoms with E-state index < -0.39 is 0 Å². The number of rotatable bonds is 5. The van der Waals surface area contributed by atoms with Gasteiger partial charge in [-0.3, -0.25) is 4.79 Å². The summed E-state index contributed by atoms with van der Waals surface area (Å²) in [4.78, 5) is 11.4. The van der Waals surface area contributed by atoms with Crippen molar-refractivity contribution in [3.63, 3.8) is 0 Å². The summed E-state index contributed by atoms with van der Waals surface area (Å²) in [5.74, 6) is 0.488. The maximum atomic E-state index is 11.4. The molecule has 3 heteroatoms. The second kappa shape index (κ2) is 7.00. The number of hydrogen-bond acceptors (Lipinski definition) is 3. The van der Waals surface area contributed by atoms with Crippen molar-refractivity contribution < 1.29 is 14.3 Å². The minimum Gasteiger partial charge on any atom is -0.463 e. The van der Waals surface area contributed by atoms with E-state index in [-0.39, 0.29) is 18.0 Å². The van der Waals surface area contributed by atoms with E-state index in [1.807, 2.05) is 13.8 Å². The monoisotopic (exact) mass is 242 g/mol. The van der Waals surface area contributed by atoms with Crippen LogP contribution in [0.25, 0.3) is 0 Å². The predicted octanol–water partition coefficient (Wildman–Crippen LogP) is 3.17. The first kappa shape index (κ1) is 14.5. The molecule has 0 radical (unpaired) electrons. The Morgan fingerprint density at radius 2 is 1.88 bits per heavy atom. The second-order valence-corrected chi connectivity index (χ2v) is 5.73. The molecule has 17 heavy (non-hydrogen) atoms. The molecule has 0 saturated carbocycles. The smallest absolute Gasteiger partial charge is 0.308 e. The molecule has 0 aromatic carbocycles. The van der Waals surface area contributed by atoms with Crippen molar-refractivity contribution in [1.29, 1.82) is 0 Å². The SMILES string of the molecule is CC(C)CC1CCCC(COC(=O)C(C)C)O1. The van der Waals surface area contributed by atoms with E-state index in [4.69, 9.17) is 9.47 Å². The highest BCUT2D eigenvalue weighted by Crippen LogP contribution is 2.24. The summed E-state index contributed by atoms with van der Waals surface area (Å²) < 4.78 is 11.2. The van der Waals surface area contributed by atoms with E-state index in [1.165, 1.54) is 6.42 Å². The molecule has 0 aromatic rings. The normalized spacial score (nSPS) is 25.3. The molecule has 0 bridgehead atoms. The van der Waals surface area contributed by atoms with Crippen LogP contribution in [-0.4, -0.2) is 24.8 Å². The summed E-state index contributed by atoms with van der Waals surface area (Å²) in [6.07, 6.45) is 4.91. The highest BCUT2D eigenvalue weighted by molar-refractivity contribution is 5.71. The van der Waals surface area contributed by atoms with Crippen LogP contribution >= 0.6 is 0 Å². The first-order valence-corrected chi connectivity index (χ1v) is 6.81. The van der Waals surface area contributed by atoms with Gasteiger partial charge in [-0.2, -0.15) is 0 Å². The average molecular weight is 242 g/mol. The quantitative estimate of drug-likeness (QED) is 0.695. The van der Waals surface area contributed by atoms with Gasteiger partial charge in [0.05, 0.1) is 18.1 Å². The van der Waals surface area contributed by atoms with E-state index in [2.05, 4.69) is 13.8 Å². The average Bonchev–Trinajstić information content (AvgIpc) is 2.25. The minimum atomic E-state index is -0.125. The molecule has 1 heterocycles. The number of carbonyl (C=O) groups is 1. The molecule has 0 aliphatic carbocycles. The zero-order valence-corrected chi connectivity index (χ0v) is 11.6. The van der Waals surface area contributed by atoms with Crippen molar-refractivity contribution in [2.45, 2.75) is 65.6 Å². The largest absolute Gasteiger partial charge is 0.463 e. The van der Waals surface area contributed by atoms with Crippen molar-refractivity contribution in [2.24, 2.45) is 11.8 Å². The van der Waals surface area contributed by atoms with Crippen molar-refractivity contribution in [3.05, 3.63) is 0 Å². The third-order valence-corrected chi connectivity index (χ3v) is 3.05. The van der Waals surface area contributed by atoms with E-state index in [1.54, 1.807) is 0 Å². The van der Waals surface area contributed by atoms with E-state index >= 15 is 0 Å². The lowest BCUT2D eigenvalue weighted by Crippen LogP contribution is -2.33. The molecule has 1 fully saturated rings. The van der Waals surface area contributed by atoms with Crippen LogP contribution in [0.1, 0.15) is 53.4 Å². The van der Waals surface area contributed by atoms with Crippen molar-refractivity contribution in [2.75, 3.05) is 6.61 Å². The molecule has 1 aliphatic heterocycles. The van der Waals surface area contributed by atoms with Crippen LogP contribution in [0, 0.1) is 11.8 Å².